The highest BCUT2D eigenvalue weighted by molar-refractivity contribution is 7.16. The first-order chi connectivity index (χ1) is 7.73. The number of hydrogen-bond donors (Lipinski definition) is 1. The Hall–Kier alpha value is -1.13. The Kier molecular flexibility index (Phi) is 2.16. The average molecular weight is 235 g/mol. The summed E-state index contributed by atoms with van der Waals surface area (Å²) < 4.78 is 6.06. The van der Waals surface area contributed by atoms with E-state index in [0.29, 0.717) is 12.1 Å². The fourth-order valence-corrected chi connectivity index (χ4v) is 3.06. The molecule has 0 bridgehead atoms. The zero-order chi connectivity index (χ0) is 11.2. The van der Waals surface area contributed by atoms with Gasteiger partial charge in [-0.05, 0) is 30.5 Å². The molecule has 1 aliphatic carbocycles. The molecule has 1 aromatic carbocycles. The largest absolute Gasteiger partial charge is 0.414 e. The quantitative estimate of drug-likeness (QED) is 0.868. The Labute approximate surface area is 96.9 Å². The summed E-state index contributed by atoms with van der Waals surface area (Å²) in [5.41, 5.74) is 7.91. The molecule has 0 spiro atoms. The van der Waals surface area contributed by atoms with Gasteiger partial charge in [-0.2, -0.15) is 0 Å². The third-order valence-corrected chi connectivity index (χ3v) is 4.45. The first kappa shape index (κ1) is 10.1. The molecule has 1 heterocycles. The molecule has 84 valence electrons. The van der Waals surface area contributed by atoms with Crippen molar-refractivity contribution in [2.75, 3.05) is 6.54 Å². The highest BCUT2D eigenvalue weighted by atomic mass is 32.1. The van der Waals surface area contributed by atoms with Gasteiger partial charge in [0.1, 0.15) is 5.58 Å². The van der Waals surface area contributed by atoms with Crippen LogP contribution >= 0.6 is 11.3 Å². The molecule has 0 atom stereocenters. The van der Waals surface area contributed by atoms with E-state index in [1.165, 1.54) is 12.0 Å². The molecule has 1 aliphatic rings. The van der Waals surface area contributed by atoms with E-state index in [4.69, 9.17) is 10.2 Å². The average Bonchev–Trinajstić information content (AvgIpc) is 2.56. The second-order valence-corrected chi connectivity index (χ2v) is 5.43. The summed E-state index contributed by atoms with van der Waals surface area (Å²) in [5, 5.41) is 0. The third kappa shape index (κ3) is 1.33. The lowest BCUT2D eigenvalue weighted by atomic mass is 9.64. The smallest absolute Gasteiger partial charge is 0.396 e. The van der Waals surface area contributed by atoms with Crippen LogP contribution in [-0.2, 0) is 5.41 Å². The molecule has 1 saturated carbocycles. The number of hydrogen-bond acceptors (Lipinski definition) is 4. The van der Waals surface area contributed by atoms with E-state index in [1.807, 2.05) is 12.1 Å². The lowest BCUT2D eigenvalue weighted by molar-refractivity contribution is 0.253. The maximum Gasteiger partial charge on any atom is 0.396 e. The number of benzene rings is 1. The highest BCUT2D eigenvalue weighted by Crippen LogP contribution is 2.43. The second-order valence-electron chi connectivity index (χ2n) is 4.45. The Bertz CT molecular complexity index is 574. The minimum Gasteiger partial charge on any atom is -0.414 e. The molecule has 1 fully saturated rings. The van der Waals surface area contributed by atoms with Crippen molar-refractivity contribution >= 4 is 21.6 Å². The lowest BCUT2D eigenvalue weighted by Gasteiger charge is -2.41. The fraction of sp³-hybridized carbons (Fsp3) is 0.417. The first-order valence-electron chi connectivity index (χ1n) is 5.48. The Morgan fingerprint density at radius 2 is 2.25 bits per heavy atom. The topological polar surface area (TPSA) is 56.2 Å². The predicted octanol–water partition coefficient (Wildman–Crippen LogP) is 2.23. The van der Waals surface area contributed by atoms with Gasteiger partial charge in [-0.3, -0.25) is 0 Å². The van der Waals surface area contributed by atoms with Crippen LogP contribution in [0.1, 0.15) is 24.8 Å². The zero-order valence-electron chi connectivity index (χ0n) is 8.86. The van der Waals surface area contributed by atoms with Gasteiger partial charge in [0, 0.05) is 12.0 Å². The van der Waals surface area contributed by atoms with E-state index >= 15 is 0 Å². The van der Waals surface area contributed by atoms with Crippen molar-refractivity contribution < 1.29 is 4.42 Å². The van der Waals surface area contributed by atoms with Crippen LogP contribution < -0.4 is 10.7 Å². The summed E-state index contributed by atoms with van der Waals surface area (Å²) in [6, 6.07) is 6.04. The van der Waals surface area contributed by atoms with Gasteiger partial charge in [0.2, 0.25) is 0 Å². The maximum atomic E-state index is 11.1. The van der Waals surface area contributed by atoms with Crippen LogP contribution in [0.2, 0.25) is 0 Å². The van der Waals surface area contributed by atoms with Crippen LogP contribution in [0.25, 0.3) is 10.3 Å². The van der Waals surface area contributed by atoms with E-state index in [-0.39, 0.29) is 10.4 Å². The molecule has 4 heteroatoms. The second kappa shape index (κ2) is 3.43. The molecule has 2 aromatic rings. The van der Waals surface area contributed by atoms with Crippen molar-refractivity contribution in [3.05, 3.63) is 33.5 Å². The predicted molar refractivity (Wildman–Crippen MR) is 64.9 cm³/mol. The van der Waals surface area contributed by atoms with Crippen LogP contribution in [0, 0.1) is 0 Å². The van der Waals surface area contributed by atoms with Gasteiger partial charge in [0.25, 0.3) is 0 Å². The molecule has 1 aromatic heterocycles. The minimum atomic E-state index is -0.234. The fourth-order valence-electron chi connectivity index (χ4n) is 2.42. The summed E-state index contributed by atoms with van der Waals surface area (Å²) in [7, 11) is 0. The van der Waals surface area contributed by atoms with Crippen LogP contribution in [0.15, 0.2) is 27.4 Å². The van der Waals surface area contributed by atoms with Gasteiger partial charge < -0.3 is 10.2 Å². The van der Waals surface area contributed by atoms with Gasteiger partial charge in [-0.25, -0.2) is 4.79 Å². The van der Waals surface area contributed by atoms with Crippen LogP contribution in [0.4, 0.5) is 0 Å². The van der Waals surface area contributed by atoms with Gasteiger partial charge in [-0.1, -0.05) is 23.8 Å². The van der Waals surface area contributed by atoms with Crippen LogP contribution in [-0.4, -0.2) is 6.54 Å². The van der Waals surface area contributed by atoms with Gasteiger partial charge in [-0.15, -0.1) is 0 Å². The summed E-state index contributed by atoms with van der Waals surface area (Å²) in [6.07, 6.45) is 3.52. The van der Waals surface area contributed by atoms with E-state index in [1.54, 1.807) is 0 Å². The normalized spacial score (nSPS) is 18.6. The van der Waals surface area contributed by atoms with Crippen molar-refractivity contribution in [3.63, 3.8) is 0 Å². The third-order valence-electron chi connectivity index (χ3n) is 3.64. The molecular formula is C12H13NO2S. The Morgan fingerprint density at radius 3 is 2.88 bits per heavy atom. The maximum absolute atomic E-state index is 11.1. The summed E-state index contributed by atoms with van der Waals surface area (Å²) in [4.78, 5) is 10.9. The van der Waals surface area contributed by atoms with Gasteiger partial charge >= 0.3 is 4.94 Å². The Balaban J connectivity index is 2.14. The van der Waals surface area contributed by atoms with Crippen molar-refractivity contribution in [2.24, 2.45) is 5.73 Å². The van der Waals surface area contributed by atoms with Crippen LogP contribution in [0.5, 0.6) is 0 Å². The zero-order valence-corrected chi connectivity index (χ0v) is 9.68. The monoisotopic (exact) mass is 235 g/mol. The molecule has 0 saturated heterocycles. The van der Waals surface area contributed by atoms with E-state index in [0.717, 1.165) is 28.9 Å². The van der Waals surface area contributed by atoms with Gasteiger partial charge in [0.05, 0.1) is 4.70 Å². The summed E-state index contributed by atoms with van der Waals surface area (Å²) >= 11 is 1.15. The Morgan fingerprint density at radius 1 is 1.44 bits per heavy atom. The van der Waals surface area contributed by atoms with Crippen molar-refractivity contribution in [1.82, 2.24) is 0 Å². The molecule has 0 amide bonds. The minimum absolute atomic E-state index is 0.134. The number of nitrogens with two attached hydrogens (primary N) is 1. The van der Waals surface area contributed by atoms with Gasteiger partial charge in [0.15, 0.2) is 0 Å². The SMILES string of the molecule is NCC1(c2ccc3sc(=O)oc3c2)CCC1. The summed E-state index contributed by atoms with van der Waals surface area (Å²) in [5.74, 6) is 0. The van der Waals surface area contributed by atoms with E-state index < -0.39 is 0 Å². The molecule has 0 unspecified atom stereocenters. The highest BCUT2D eigenvalue weighted by Gasteiger charge is 2.37. The lowest BCUT2D eigenvalue weighted by Crippen LogP contribution is -2.41. The number of fused-ring (bicyclic) bond motifs is 1. The van der Waals surface area contributed by atoms with Crippen molar-refractivity contribution in [3.8, 4) is 0 Å². The molecule has 0 aliphatic heterocycles. The standard InChI is InChI=1S/C12H13NO2S/c13-7-12(4-1-5-12)8-2-3-10-9(6-8)15-11(14)16-10/h2-3,6H,1,4-5,7,13H2. The number of rotatable bonds is 2. The molecule has 2 N–H and O–H groups in total. The molecular weight excluding hydrogens is 222 g/mol. The molecule has 0 radical (unpaired) electrons. The first-order valence-corrected chi connectivity index (χ1v) is 6.29. The summed E-state index contributed by atoms with van der Waals surface area (Å²) in [6.45, 7) is 0.673. The van der Waals surface area contributed by atoms with E-state index in [9.17, 15) is 4.79 Å². The van der Waals surface area contributed by atoms with E-state index in [2.05, 4.69) is 6.07 Å². The molecule has 3 rings (SSSR count). The molecule has 16 heavy (non-hydrogen) atoms. The van der Waals surface area contributed by atoms with Crippen molar-refractivity contribution in [1.29, 1.82) is 0 Å². The molecule has 3 nitrogen and oxygen atoms in total. The van der Waals surface area contributed by atoms with Crippen LogP contribution in [0.3, 0.4) is 0 Å². The van der Waals surface area contributed by atoms with Crippen molar-refractivity contribution in [2.45, 2.75) is 24.7 Å².